The maximum absolute atomic E-state index is 6.60. The average Bonchev–Trinajstić information content (AvgIpc) is 2.79. The van der Waals surface area contributed by atoms with Crippen molar-refractivity contribution in [2.24, 2.45) is 0 Å². The van der Waals surface area contributed by atoms with Gasteiger partial charge in [0.25, 0.3) is 0 Å². The smallest absolute Gasteiger partial charge is 0.111 e. The van der Waals surface area contributed by atoms with E-state index in [0.29, 0.717) is 6.54 Å². The summed E-state index contributed by atoms with van der Waals surface area (Å²) in [4.78, 5) is 6.60. The van der Waals surface area contributed by atoms with E-state index in [4.69, 9.17) is 4.84 Å². The lowest BCUT2D eigenvalue weighted by atomic mass is 10.1. The van der Waals surface area contributed by atoms with E-state index in [-0.39, 0.29) is 6.10 Å². The van der Waals surface area contributed by atoms with Crippen LogP contribution in [0.1, 0.15) is 42.6 Å². The van der Waals surface area contributed by atoms with E-state index in [2.05, 4.69) is 92.4 Å². The Labute approximate surface area is 174 Å². The summed E-state index contributed by atoms with van der Waals surface area (Å²) < 4.78 is 0. The van der Waals surface area contributed by atoms with Gasteiger partial charge in [-0.3, -0.25) is 4.84 Å². The van der Waals surface area contributed by atoms with Crippen molar-refractivity contribution >= 4 is 11.8 Å². The third kappa shape index (κ3) is 5.94. The first-order valence-corrected chi connectivity index (χ1v) is 10.2. The van der Waals surface area contributed by atoms with Crippen molar-refractivity contribution in [2.75, 3.05) is 6.54 Å². The Morgan fingerprint density at radius 3 is 2.07 bits per heavy atom. The van der Waals surface area contributed by atoms with Gasteiger partial charge in [-0.25, -0.2) is 5.06 Å². The molecule has 0 fully saturated rings. The number of hydrogen-bond acceptors (Lipinski definition) is 2. The van der Waals surface area contributed by atoms with Crippen LogP contribution >= 0.6 is 0 Å². The molecule has 2 heteroatoms. The maximum Gasteiger partial charge on any atom is 0.111 e. The van der Waals surface area contributed by atoms with E-state index in [9.17, 15) is 0 Å². The molecule has 1 atom stereocenters. The summed E-state index contributed by atoms with van der Waals surface area (Å²) in [6.07, 6.45) is 6.04. The largest absolute Gasteiger partial charge is 0.265 e. The highest BCUT2D eigenvalue weighted by molar-refractivity contribution is 5.79. The van der Waals surface area contributed by atoms with Gasteiger partial charge < -0.3 is 0 Å². The van der Waals surface area contributed by atoms with Gasteiger partial charge in [0, 0.05) is 5.56 Å². The lowest BCUT2D eigenvalue weighted by molar-refractivity contribution is -0.153. The Morgan fingerprint density at radius 1 is 0.897 bits per heavy atom. The topological polar surface area (TPSA) is 12.5 Å². The van der Waals surface area contributed by atoms with Crippen LogP contribution in [0.5, 0.6) is 0 Å². The molecular weight excluding hydrogens is 354 g/mol. The molecule has 0 amide bonds. The van der Waals surface area contributed by atoms with E-state index in [0.717, 1.165) is 29.7 Å². The first kappa shape index (κ1) is 20.6. The van der Waals surface area contributed by atoms with Gasteiger partial charge in [0.2, 0.25) is 0 Å². The van der Waals surface area contributed by atoms with Crippen molar-refractivity contribution in [1.29, 1.82) is 0 Å². The van der Waals surface area contributed by atoms with E-state index in [1.54, 1.807) is 0 Å². The SMILES string of the molecule is C=CCN(OC(CCC)c1ccccc1)/C(=C/c1ccccc1)c1ccccc1. The van der Waals surface area contributed by atoms with Crippen molar-refractivity contribution in [3.05, 3.63) is 120 Å². The first-order valence-electron chi connectivity index (χ1n) is 10.2. The minimum atomic E-state index is -0.0102. The average molecular weight is 384 g/mol. The van der Waals surface area contributed by atoms with Crippen molar-refractivity contribution in [3.63, 3.8) is 0 Å². The van der Waals surface area contributed by atoms with Gasteiger partial charge in [-0.1, -0.05) is 110 Å². The Hall–Kier alpha value is -3.10. The zero-order valence-electron chi connectivity index (χ0n) is 17.1. The Bertz CT molecular complexity index is 888. The summed E-state index contributed by atoms with van der Waals surface area (Å²) in [7, 11) is 0. The van der Waals surface area contributed by atoms with Gasteiger partial charge in [0.05, 0.1) is 12.2 Å². The Morgan fingerprint density at radius 2 is 1.48 bits per heavy atom. The lowest BCUT2D eigenvalue weighted by Gasteiger charge is -2.30. The Balaban J connectivity index is 1.99. The van der Waals surface area contributed by atoms with Gasteiger partial charge in [-0.15, -0.1) is 6.58 Å². The van der Waals surface area contributed by atoms with Crippen LogP contribution in [-0.2, 0) is 4.84 Å². The second-order valence-corrected chi connectivity index (χ2v) is 6.95. The highest BCUT2D eigenvalue weighted by atomic mass is 16.7. The second kappa shape index (κ2) is 11.0. The molecule has 0 spiro atoms. The number of hydrogen-bond donors (Lipinski definition) is 0. The maximum atomic E-state index is 6.60. The molecule has 3 rings (SSSR count). The summed E-state index contributed by atoms with van der Waals surface area (Å²) in [5, 5.41) is 1.97. The predicted octanol–water partition coefficient (Wildman–Crippen LogP) is 7.15. The normalized spacial score (nSPS) is 12.4. The monoisotopic (exact) mass is 383 g/mol. The molecule has 0 bridgehead atoms. The summed E-state index contributed by atoms with van der Waals surface area (Å²) in [6.45, 7) is 6.75. The molecule has 148 valence electrons. The summed E-state index contributed by atoms with van der Waals surface area (Å²) in [5.74, 6) is 0. The summed E-state index contributed by atoms with van der Waals surface area (Å²) >= 11 is 0. The van der Waals surface area contributed by atoms with Crippen LogP contribution in [0.4, 0.5) is 0 Å². The zero-order valence-corrected chi connectivity index (χ0v) is 17.1. The van der Waals surface area contributed by atoms with E-state index in [1.165, 1.54) is 5.56 Å². The number of rotatable bonds is 10. The summed E-state index contributed by atoms with van der Waals surface area (Å²) in [5.41, 5.74) is 4.46. The zero-order chi connectivity index (χ0) is 20.3. The van der Waals surface area contributed by atoms with Crippen molar-refractivity contribution in [3.8, 4) is 0 Å². The van der Waals surface area contributed by atoms with E-state index >= 15 is 0 Å². The molecule has 2 nitrogen and oxygen atoms in total. The molecule has 0 saturated carbocycles. The molecule has 0 aliphatic rings. The van der Waals surface area contributed by atoms with Crippen molar-refractivity contribution in [1.82, 2.24) is 5.06 Å². The van der Waals surface area contributed by atoms with Crippen molar-refractivity contribution < 1.29 is 4.84 Å². The highest BCUT2D eigenvalue weighted by Gasteiger charge is 2.19. The number of benzene rings is 3. The third-order valence-electron chi connectivity index (χ3n) is 4.71. The molecule has 3 aromatic carbocycles. The van der Waals surface area contributed by atoms with Gasteiger partial charge in [-0.05, 0) is 23.6 Å². The van der Waals surface area contributed by atoms with Crippen LogP contribution in [0.15, 0.2) is 104 Å². The molecule has 0 saturated heterocycles. The highest BCUT2D eigenvalue weighted by Crippen LogP contribution is 2.30. The van der Waals surface area contributed by atoms with E-state index in [1.807, 2.05) is 29.3 Å². The molecule has 0 radical (unpaired) electrons. The molecule has 0 heterocycles. The summed E-state index contributed by atoms with van der Waals surface area (Å²) in [6, 6.07) is 31.2. The van der Waals surface area contributed by atoms with Gasteiger partial charge in [0.1, 0.15) is 6.10 Å². The fourth-order valence-corrected chi connectivity index (χ4v) is 3.29. The molecule has 29 heavy (non-hydrogen) atoms. The fourth-order valence-electron chi connectivity index (χ4n) is 3.29. The minimum absolute atomic E-state index is 0.0102. The van der Waals surface area contributed by atoms with Crippen LogP contribution < -0.4 is 0 Å². The minimum Gasteiger partial charge on any atom is -0.265 e. The molecular formula is C27H29NO. The van der Waals surface area contributed by atoms with Crippen LogP contribution in [0.2, 0.25) is 0 Å². The standard InChI is InChI=1S/C27H29NO/c1-3-14-27(25-19-12-7-13-20-25)29-28(21-4-2)26(24-17-10-6-11-18-24)22-23-15-8-5-9-16-23/h4-13,15-20,22,27H,2-3,14,21H2,1H3/b26-22+. The molecule has 3 aromatic rings. The quantitative estimate of drug-likeness (QED) is 0.209. The molecule has 0 N–H and O–H groups in total. The fraction of sp³-hybridized carbons (Fsp3) is 0.185. The number of nitrogens with zero attached hydrogens (tertiary/aromatic N) is 1. The molecule has 0 aliphatic heterocycles. The first-order chi connectivity index (χ1) is 14.3. The van der Waals surface area contributed by atoms with Gasteiger partial charge in [-0.2, -0.15) is 0 Å². The van der Waals surface area contributed by atoms with Crippen LogP contribution in [0.25, 0.3) is 11.8 Å². The number of hydroxylamine groups is 2. The van der Waals surface area contributed by atoms with E-state index < -0.39 is 0 Å². The lowest BCUT2D eigenvalue weighted by Crippen LogP contribution is -2.25. The van der Waals surface area contributed by atoms with Crippen LogP contribution in [0.3, 0.4) is 0 Å². The Kier molecular flexibility index (Phi) is 7.85. The second-order valence-electron chi connectivity index (χ2n) is 6.95. The van der Waals surface area contributed by atoms with Crippen molar-refractivity contribution in [2.45, 2.75) is 25.9 Å². The third-order valence-corrected chi connectivity index (χ3v) is 4.71. The predicted molar refractivity (Wildman–Crippen MR) is 123 cm³/mol. The molecule has 1 unspecified atom stereocenters. The van der Waals surface area contributed by atoms with Gasteiger partial charge >= 0.3 is 0 Å². The van der Waals surface area contributed by atoms with Crippen LogP contribution in [0, 0.1) is 0 Å². The van der Waals surface area contributed by atoms with Crippen LogP contribution in [-0.4, -0.2) is 11.6 Å². The molecule has 0 aliphatic carbocycles. The van der Waals surface area contributed by atoms with Gasteiger partial charge in [0.15, 0.2) is 0 Å². The molecule has 0 aromatic heterocycles.